The molecule has 26 heavy (non-hydrogen) atoms. The van der Waals surface area contributed by atoms with Crippen molar-refractivity contribution in [2.45, 2.75) is 57.9 Å². The van der Waals surface area contributed by atoms with Gasteiger partial charge in [-0.15, -0.1) is 0 Å². The number of piperidine rings is 1. The first-order chi connectivity index (χ1) is 12.6. The normalized spacial score (nSPS) is 24.2. The van der Waals surface area contributed by atoms with Crippen LogP contribution in [0.3, 0.4) is 0 Å². The van der Waals surface area contributed by atoms with E-state index in [9.17, 15) is 4.79 Å². The fourth-order valence-electron chi connectivity index (χ4n) is 5.41. The van der Waals surface area contributed by atoms with Crippen LogP contribution in [0.15, 0.2) is 24.3 Å². The third-order valence-corrected chi connectivity index (χ3v) is 6.93. The first kappa shape index (κ1) is 17.6. The molecule has 0 aliphatic carbocycles. The molecule has 4 rings (SSSR count). The summed E-state index contributed by atoms with van der Waals surface area (Å²) in [5, 5.41) is 1.03. The minimum absolute atomic E-state index is 0.0558. The monoisotopic (exact) mass is 353 g/mol. The summed E-state index contributed by atoms with van der Waals surface area (Å²) in [4.78, 5) is 15.0. The number of aryl methyl sites for hydroxylation is 1. The van der Waals surface area contributed by atoms with Crippen LogP contribution < -0.4 is 5.73 Å². The molecule has 0 radical (unpaired) electrons. The number of para-hydroxylation sites is 1. The van der Waals surface area contributed by atoms with E-state index in [0.29, 0.717) is 5.92 Å². The zero-order valence-electron chi connectivity index (χ0n) is 16.1. The van der Waals surface area contributed by atoms with Crippen LogP contribution in [0.2, 0.25) is 0 Å². The van der Waals surface area contributed by atoms with Crippen LogP contribution in [-0.4, -0.2) is 35.0 Å². The van der Waals surface area contributed by atoms with Gasteiger partial charge in [0.05, 0.1) is 5.56 Å². The molecule has 4 nitrogen and oxygen atoms in total. The Labute approximate surface area is 156 Å². The smallest absolute Gasteiger partial charge is 0.251 e. The largest absolute Gasteiger partial charge is 0.366 e. The molecule has 2 N–H and O–H groups in total. The Morgan fingerprint density at radius 1 is 1.23 bits per heavy atom. The maximum absolute atomic E-state index is 12.4. The molecule has 1 aromatic carbocycles. The molecule has 3 heterocycles. The lowest BCUT2D eigenvalue weighted by Crippen LogP contribution is -2.42. The maximum Gasteiger partial charge on any atom is 0.251 e. The SMILES string of the molecule is CCCCN1CCC(C2(C)CCn3c2c(C(N)=O)c2ccccc23)CC1. The van der Waals surface area contributed by atoms with Crippen LogP contribution in [-0.2, 0) is 12.0 Å². The van der Waals surface area contributed by atoms with E-state index in [-0.39, 0.29) is 11.3 Å². The summed E-state index contributed by atoms with van der Waals surface area (Å²) < 4.78 is 2.37. The maximum atomic E-state index is 12.4. The van der Waals surface area contributed by atoms with Crippen molar-refractivity contribution >= 4 is 16.8 Å². The Morgan fingerprint density at radius 3 is 2.65 bits per heavy atom. The van der Waals surface area contributed by atoms with Gasteiger partial charge in [0.25, 0.3) is 5.91 Å². The van der Waals surface area contributed by atoms with Crippen molar-refractivity contribution in [3.63, 3.8) is 0 Å². The highest BCUT2D eigenvalue weighted by molar-refractivity contribution is 6.08. The molecule has 1 aromatic heterocycles. The van der Waals surface area contributed by atoms with Crippen molar-refractivity contribution < 1.29 is 4.79 Å². The summed E-state index contributed by atoms with van der Waals surface area (Å²) in [6, 6.07) is 8.25. The van der Waals surface area contributed by atoms with E-state index in [0.717, 1.165) is 23.9 Å². The molecule has 4 heteroatoms. The molecule has 1 saturated heterocycles. The number of amides is 1. The minimum atomic E-state index is -0.275. The molecule has 0 spiro atoms. The number of benzene rings is 1. The topological polar surface area (TPSA) is 51.3 Å². The van der Waals surface area contributed by atoms with E-state index in [1.54, 1.807) is 0 Å². The molecule has 140 valence electrons. The number of carbonyl (C=O) groups is 1. The van der Waals surface area contributed by atoms with E-state index in [2.05, 4.69) is 41.5 Å². The van der Waals surface area contributed by atoms with Gasteiger partial charge < -0.3 is 15.2 Å². The Kier molecular flexibility index (Phi) is 4.55. The van der Waals surface area contributed by atoms with Gasteiger partial charge >= 0.3 is 0 Å². The predicted molar refractivity (Wildman–Crippen MR) is 106 cm³/mol. The van der Waals surface area contributed by atoms with Crippen molar-refractivity contribution in [2.24, 2.45) is 11.7 Å². The van der Waals surface area contributed by atoms with Gasteiger partial charge in [0.15, 0.2) is 0 Å². The quantitative estimate of drug-likeness (QED) is 0.886. The van der Waals surface area contributed by atoms with Crippen molar-refractivity contribution in [2.75, 3.05) is 19.6 Å². The van der Waals surface area contributed by atoms with Gasteiger partial charge in [-0.1, -0.05) is 38.5 Å². The summed E-state index contributed by atoms with van der Waals surface area (Å²) in [5.41, 5.74) is 9.07. The number of primary amides is 1. The van der Waals surface area contributed by atoms with Gasteiger partial charge in [-0.05, 0) is 57.3 Å². The predicted octanol–water partition coefficient (Wildman–Crippen LogP) is 3.91. The zero-order valence-corrected chi connectivity index (χ0v) is 16.1. The Hall–Kier alpha value is -1.81. The molecule has 0 saturated carbocycles. The number of likely N-dealkylation sites (tertiary alicyclic amines) is 1. The highest BCUT2D eigenvalue weighted by Gasteiger charge is 2.46. The number of nitrogens with two attached hydrogens (primary N) is 1. The number of unbranched alkanes of at least 4 members (excludes halogenated alkanes) is 1. The van der Waals surface area contributed by atoms with Crippen molar-refractivity contribution in [1.82, 2.24) is 9.47 Å². The third kappa shape index (κ3) is 2.66. The summed E-state index contributed by atoms with van der Waals surface area (Å²) in [6.45, 7) is 9.24. The third-order valence-electron chi connectivity index (χ3n) is 6.93. The average Bonchev–Trinajstić information content (AvgIpc) is 3.17. The highest BCUT2D eigenvalue weighted by Crippen LogP contribution is 2.49. The standard InChI is InChI=1S/C22H31N3O/c1-3-4-12-24-13-9-16(10-14-24)22(2)11-15-25-18-8-6-5-7-17(18)19(20(22)25)21(23)26/h5-8,16H,3-4,9-15H2,1-2H3,(H2,23,26). The first-order valence-corrected chi connectivity index (χ1v) is 10.2. The molecule has 1 unspecified atom stereocenters. The van der Waals surface area contributed by atoms with Gasteiger partial charge in [-0.2, -0.15) is 0 Å². The van der Waals surface area contributed by atoms with E-state index in [1.165, 1.54) is 56.5 Å². The van der Waals surface area contributed by atoms with Gasteiger partial charge in [-0.3, -0.25) is 4.79 Å². The second-order valence-corrected chi connectivity index (χ2v) is 8.39. The van der Waals surface area contributed by atoms with Crippen LogP contribution >= 0.6 is 0 Å². The number of carbonyl (C=O) groups excluding carboxylic acids is 1. The summed E-state index contributed by atoms with van der Waals surface area (Å²) in [6.07, 6.45) is 6.12. The number of fused-ring (bicyclic) bond motifs is 3. The van der Waals surface area contributed by atoms with Crippen LogP contribution in [0.4, 0.5) is 0 Å². The highest BCUT2D eigenvalue weighted by atomic mass is 16.1. The second-order valence-electron chi connectivity index (χ2n) is 8.39. The zero-order chi connectivity index (χ0) is 18.3. The Morgan fingerprint density at radius 2 is 1.96 bits per heavy atom. The summed E-state index contributed by atoms with van der Waals surface area (Å²) in [5.74, 6) is 0.354. The van der Waals surface area contributed by atoms with Crippen LogP contribution in [0, 0.1) is 5.92 Å². The van der Waals surface area contributed by atoms with Gasteiger partial charge in [0, 0.05) is 28.6 Å². The first-order valence-electron chi connectivity index (χ1n) is 10.2. The van der Waals surface area contributed by atoms with E-state index in [1.807, 2.05) is 6.07 Å². The van der Waals surface area contributed by atoms with Crippen molar-refractivity contribution in [1.29, 1.82) is 0 Å². The lowest BCUT2D eigenvalue weighted by molar-refractivity contribution is 0.0994. The lowest BCUT2D eigenvalue weighted by atomic mass is 9.68. The fourth-order valence-corrected chi connectivity index (χ4v) is 5.41. The summed E-state index contributed by atoms with van der Waals surface area (Å²) in [7, 11) is 0. The molecular weight excluding hydrogens is 322 g/mol. The molecule has 0 bridgehead atoms. The van der Waals surface area contributed by atoms with E-state index in [4.69, 9.17) is 5.73 Å². The van der Waals surface area contributed by atoms with E-state index < -0.39 is 0 Å². The van der Waals surface area contributed by atoms with Gasteiger partial charge in [-0.25, -0.2) is 0 Å². The summed E-state index contributed by atoms with van der Waals surface area (Å²) >= 11 is 0. The molecule has 1 atom stereocenters. The molecule has 2 aromatic rings. The van der Waals surface area contributed by atoms with Crippen molar-refractivity contribution in [3.8, 4) is 0 Å². The number of rotatable bonds is 5. The molecule has 2 aliphatic heterocycles. The second kappa shape index (κ2) is 6.73. The van der Waals surface area contributed by atoms with Crippen LogP contribution in [0.5, 0.6) is 0 Å². The molecular formula is C22H31N3O. The molecule has 1 fully saturated rings. The number of hydrogen-bond acceptors (Lipinski definition) is 2. The van der Waals surface area contributed by atoms with Crippen LogP contribution in [0.1, 0.15) is 62.0 Å². The average molecular weight is 354 g/mol. The Balaban J connectivity index is 1.68. The van der Waals surface area contributed by atoms with Gasteiger partial charge in [0.2, 0.25) is 0 Å². The Bertz CT molecular complexity index is 816. The fraction of sp³-hybridized carbons (Fsp3) is 0.591. The lowest BCUT2D eigenvalue weighted by Gasteiger charge is -2.41. The number of nitrogens with zero attached hydrogens (tertiary/aromatic N) is 2. The van der Waals surface area contributed by atoms with E-state index >= 15 is 0 Å². The number of aromatic nitrogens is 1. The molecule has 2 aliphatic rings. The number of hydrogen-bond donors (Lipinski definition) is 1. The van der Waals surface area contributed by atoms with Gasteiger partial charge in [0.1, 0.15) is 0 Å². The van der Waals surface area contributed by atoms with Crippen molar-refractivity contribution in [3.05, 3.63) is 35.5 Å². The minimum Gasteiger partial charge on any atom is -0.366 e. The molecule has 1 amide bonds. The van der Waals surface area contributed by atoms with Crippen LogP contribution in [0.25, 0.3) is 10.9 Å².